The summed E-state index contributed by atoms with van der Waals surface area (Å²) in [6.45, 7) is 2.53. The van der Waals surface area contributed by atoms with Crippen molar-refractivity contribution < 1.29 is 33.8 Å². The fourth-order valence-electron chi connectivity index (χ4n) is 3.96. The lowest BCUT2D eigenvalue weighted by atomic mass is 9.95. The second-order valence-electron chi connectivity index (χ2n) is 10.1. The molecule has 0 heterocycles. The van der Waals surface area contributed by atoms with Gasteiger partial charge in [0.05, 0.1) is 27.2 Å². The molecule has 7 nitrogen and oxygen atoms in total. The van der Waals surface area contributed by atoms with E-state index in [4.69, 9.17) is 4.74 Å². The van der Waals surface area contributed by atoms with E-state index < -0.39 is 24.1 Å². The number of likely N-dealkylation sites (N-methyl/N-ethyl adjacent to an activating group) is 1. The zero-order chi connectivity index (χ0) is 25.6. The van der Waals surface area contributed by atoms with Gasteiger partial charge in [-0.2, -0.15) is 0 Å². The zero-order valence-corrected chi connectivity index (χ0v) is 21.3. The number of carbonyl (C=O) groups excluding carboxylic acids is 3. The minimum Gasteiger partial charge on any atom is -0.550 e. The van der Waals surface area contributed by atoms with Gasteiger partial charge in [-0.15, -0.1) is 0 Å². The fourth-order valence-corrected chi connectivity index (χ4v) is 3.96. The number of ketones is 1. The molecule has 7 heteroatoms. The van der Waals surface area contributed by atoms with Gasteiger partial charge in [-0.25, -0.2) is 0 Å². The molecule has 0 amide bonds. The Balaban J connectivity index is 2.40. The Morgan fingerprint density at radius 1 is 1.24 bits per heavy atom. The molecular weight excluding hydrogens is 434 g/mol. The number of carboxylic acids is 1. The third-order valence-corrected chi connectivity index (χ3v) is 5.68. The van der Waals surface area contributed by atoms with E-state index in [1.165, 1.54) is 0 Å². The van der Waals surface area contributed by atoms with Gasteiger partial charge in [-0.05, 0) is 31.3 Å². The number of carboxylic acid groups (broad SMARTS) is 1. The van der Waals surface area contributed by atoms with Crippen molar-refractivity contribution in [2.24, 2.45) is 5.92 Å². The summed E-state index contributed by atoms with van der Waals surface area (Å²) in [5.41, 5.74) is 0.962. The predicted molar refractivity (Wildman–Crippen MR) is 130 cm³/mol. The number of hydrogen-bond donors (Lipinski definition) is 1. The molecule has 0 fully saturated rings. The van der Waals surface area contributed by atoms with Crippen LogP contribution in [0.4, 0.5) is 0 Å². The van der Waals surface area contributed by atoms with Gasteiger partial charge in [0.1, 0.15) is 12.3 Å². The van der Waals surface area contributed by atoms with Gasteiger partial charge in [0, 0.05) is 31.1 Å². The highest BCUT2D eigenvalue weighted by Gasteiger charge is 2.25. The smallest absolute Gasteiger partial charge is 0.306 e. The Bertz CT molecular complexity index is 747. The molecular formula is C27H43NO6. The Kier molecular flexibility index (Phi) is 13.7. The van der Waals surface area contributed by atoms with Crippen LogP contribution in [0, 0.1) is 5.92 Å². The van der Waals surface area contributed by atoms with Crippen molar-refractivity contribution in [2.45, 2.75) is 83.3 Å². The van der Waals surface area contributed by atoms with E-state index >= 15 is 0 Å². The molecule has 1 N–H and O–H groups in total. The number of quaternary nitrogens is 1. The van der Waals surface area contributed by atoms with E-state index in [9.17, 15) is 24.6 Å². The number of aliphatic hydroxyl groups is 1. The Morgan fingerprint density at radius 3 is 2.62 bits per heavy atom. The van der Waals surface area contributed by atoms with E-state index in [-0.39, 0.29) is 24.5 Å². The second kappa shape index (κ2) is 15.6. The number of hydrogen-bond acceptors (Lipinski definition) is 6. The standard InChI is InChI=1S/C27H43NO6/c1-5-6-9-12-22(29)17-15-21-16-18-25(30)24(21)13-10-7-8-11-14-27(33)34-23(19-26(31)32)20-28(2,3)4/h7,10,15-17,22-24,29H,5-6,8-9,11-14,18-20H2,1-4H3/b10-7+,17-15+. The Hall–Kier alpha value is -2.25. The number of ether oxygens (including phenoxy) is 1. The van der Waals surface area contributed by atoms with Gasteiger partial charge in [0.25, 0.3) is 0 Å². The zero-order valence-electron chi connectivity index (χ0n) is 21.3. The van der Waals surface area contributed by atoms with Crippen LogP contribution in [0.25, 0.3) is 0 Å². The summed E-state index contributed by atoms with van der Waals surface area (Å²) in [6.07, 6.45) is 14.5. The molecule has 0 aromatic carbocycles. The van der Waals surface area contributed by atoms with Gasteiger partial charge in [0.2, 0.25) is 0 Å². The lowest BCUT2D eigenvalue weighted by molar-refractivity contribution is -0.873. The van der Waals surface area contributed by atoms with E-state index in [2.05, 4.69) is 6.92 Å². The summed E-state index contributed by atoms with van der Waals surface area (Å²) in [5, 5.41) is 21.0. The molecule has 0 aromatic heterocycles. The number of allylic oxidation sites excluding steroid dienone is 5. The average Bonchev–Trinajstić information content (AvgIpc) is 3.07. The summed E-state index contributed by atoms with van der Waals surface area (Å²) in [7, 11) is 5.71. The van der Waals surface area contributed by atoms with Crippen LogP contribution in [0.5, 0.6) is 0 Å². The molecule has 192 valence electrons. The summed E-state index contributed by atoms with van der Waals surface area (Å²) < 4.78 is 5.83. The van der Waals surface area contributed by atoms with Crippen molar-refractivity contribution in [1.29, 1.82) is 0 Å². The maximum absolute atomic E-state index is 12.2. The van der Waals surface area contributed by atoms with Crippen LogP contribution in [0.15, 0.2) is 36.0 Å². The molecule has 0 aromatic rings. The third-order valence-electron chi connectivity index (χ3n) is 5.68. The van der Waals surface area contributed by atoms with Crippen LogP contribution in [0.2, 0.25) is 0 Å². The lowest BCUT2D eigenvalue weighted by Crippen LogP contribution is -2.45. The van der Waals surface area contributed by atoms with Crippen molar-refractivity contribution in [3.8, 4) is 0 Å². The molecule has 1 rings (SSSR count). The molecule has 0 saturated carbocycles. The van der Waals surface area contributed by atoms with Gasteiger partial charge >= 0.3 is 5.97 Å². The summed E-state index contributed by atoms with van der Waals surface area (Å²) in [5.74, 6) is -1.64. The predicted octanol–water partition coefficient (Wildman–Crippen LogP) is 2.87. The van der Waals surface area contributed by atoms with Crippen molar-refractivity contribution >= 4 is 17.7 Å². The summed E-state index contributed by atoms with van der Waals surface area (Å²) in [4.78, 5) is 35.3. The number of carbonyl (C=O) groups is 3. The molecule has 0 radical (unpaired) electrons. The number of rotatable bonds is 17. The van der Waals surface area contributed by atoms with Crippen LogP contribution in [-0.4, -0.2) is 67.2 Å². The molecule has 3 unspecified atom stereocenters. The largest absolute Gasteiger partial charge is 0.550 e. The minimum absolute atomic E-state index is 0.179. The van der Waals surface area contributed by atoms with Gasteiger partial charge in [-0.1, -0.05) is 56.6 Å². The molecule has 34 heavy (non-hydrogen) atoms. The van der Waals surface area contributed by atoms with Crippen molar-refractivity contribution in [1.82, 2.24) is 0 Å². The number of Topliss-reactive ketones (excluding diaryl/α,β-unsaturated/α-hetero) is 1. The normalized spacial score (nSPS) is 18.4. The molecule has 1 aliphatic rings. The number of nitrogens with zero attached hydrogens (tertiary/aromatic N) is 1. The van der Waals surface area contributed by atoms with Crippen LogP contribution in [-0.2, 0) is 19.1 Å². The monoisotopic (exact) mass is 477 g/mol. The van der Waals surface area contributed by atoms with Crippen LogP contribution in [0.3, 0.4) is 0 Å². The average molecular weight is 478 g/mol. The minimum atomic E-state index is -1.23. The molecule has 0 aliphatic heterocycles. The number of aliphatic hydroxyl groups excluding tert-OH is 1. The fraction of sp³-hybridized carbons (Fsp3) is 0.667. The number of aliphatic carboxylic acids is 1. The maximum atomic E-state index is 12.2. The van der Waals surface area contributed by atoms with Gasteiger partial charge < -0.3 is 24.2 Å². The molecule has 3 atom stereocenters. The molecule has 0 bridgehead atoms. The quantitative estimate of drug-likeness (QED) is 0.150. The first kappa shape index (κ1) is 29.8. The topological polar surface area (TPSA) is 104 Å². The first-order valence-corrected chi connectivity index (χ1v) is 12.5. The summed E-state index contributed by atoms with van der Waals surface area (Å²) in [6, 6.07) is 0. The van der Waals surface area contributed by atoms with Crippen molar-refractivity contribution in [3.63, 3.8) is 0 Å². The summed E-state index contributed by atoms with van der Waals surface area (Å²) >= 11 is 0. The highest BCUT2D eigenvalue weighted by Crippen LogP contribution is 2.27. The van der Waals surface area contributed by atoms with Crippen LogP contribution < -0.4 is 5.11 Å². The number of unbranched alkanes of at least 4 members (excludes halogenated alkanes) is 3. The van der Waals surface area contributed by atoms with E-state index in [0.717, 1.165) is 31.3 Å². The van der Waals surface area contributed by atoms with E-state index in [1.807, 2.05) is 45.4 Å². The van der Waals surface area contributed by atoms with Crippen molar-refractivity contribution in [3.05, 3.63) is 36.0 Å². The first-order valence-electron chi connectivity index (χ1n) is 12.5. The number of esters is 1. The Morgan fingerprint density at radius 2 is 1.97 bits per heavy atom. The first-order chi connectivity index (χ1) is 16.0. The van der Waals surface area contributed by atoms with Gasteiger partial charge in [-0.3, -0.25) is 9.59 Å². The highest BCUT2D eigenvalue weighted by molar-refractivity contribution is 5.89. The molecule has 0 saturated heterocycles. The Labute approximate surface area is 204 Å². The van der Waals surface area contributed by atoms with Crippen LogP contribution in [0.1, 0.15) is 71.1 Å². The SMILES string of the molecule is CCCCCC(O)/C=C/C1=CCC(=O)C1C/C=C/CCCC(=O)OC(CC(=O)[O-])C[N+](C)(C)C. The van der Waals surface area contributed by atoms with E-state index in [0.29, 0.717) is 36.7 Å². The lowest BCUT2D eigenvalue weighted by Gasteiger charge is -2.29. The highest BCUT2D eigenvalue weighted by atomic mass is 16.5. The van der Waals surface area contributed by atoms with Crippen LogP contribution >= 0.6 is 0 Å². The molecule has 0 spiro atoms. The molecule has 1 aliphatic carbocycles. The second-order valence-corrected chi connectivity index (χ2v) is 10.1. The van der Waals surface area contributed by atoms with Crippen molar-refractivity contribution in [2.75, 3.05) is 27.7 Å². The maximum Gasteiger partial charge on any atom is 0.306 e. The van der Waals surface area contributed by atoms with E-state index in [1.54, 1.807) is 6.08 Å². The van der Waals surface area contributed by atoms with Gasteiger partial charge in [0.15, 0.2) is 6.10 Å². The third kappa shape index (κ3) is 13.5.